The van der Waals surface area contributed by atoms with Crippen LogP contribution < -0.4 is 0 Å². The van der Waals surface area contributed by atoms with E-state index in [2.05, 4.69) is 25.3 Å². The molecular weight excluding hydrogens is 256 g/mol. The van der Waals surface area contributed by atoms with Crippen LogP contribution in [0.3, 0.4) is 0 Å². The van der Waals surface area contributed by atoms with Gasteiger partial charge in [-0.25, -0.2) is 4.79 Å². The average Bonchev–Trinajstić information content (AvgIpc) is 2.46. The number of carbonyl (C=O) groups excluding carboxylic acids is 2. The van der Waals surface area contributed by atoms with Crippen LogP contribution in [0, 0.1) is 17.8 Å². The Morgan fingerprint density at radius 2 is 1.90 bits per heavy atom. The van der Waals surface area contributed by atoms with Crippen LogP contribution >= 0.6 is 0 Å². The minimum absolute atomic E-state index is 0.106. The number of hydrogen-bond acceptors (Lipinski definition) is 4. The molecule has 0 saturated carbocycles. The fraction of sp³-hybridized carbons (Fsp3) is 0.625. The fourth-order valence-corrected chi connectivity index (χ4v) is 1.54. The van der Waals surface area contributed by atoms with Crippen LogP contribution in [0.4, 0.5) is 0 Å². The van der Waals surface area contributed by atoms with Crippen molar-refractivity contribution >= 4 is 11.9 Å². The Bertz CT molecular complexity index is 362. The van der Waals surface area contributed by atoms with Gasteiger partial charge in [0.1, 0.15) is 13.2 Å². The molecule has 0 rings (SSSR count). The van der Waals surface area contributed by atoms with Crippen LogP contribution in [0.15, 0.2) is 12.7 Å². The van der Waals surface area contributed by atoms with Gasteiger partial charge in [0.15, 0.2) is 0 Å². The molecule has 20 heavy (non-hydrogen) atoms. The summed E-state index contributed by atoms with van der Waals surface area (Å²) in [6.45, 7) is 7.38. The molecule has 0 aromatic heterocycles. The molecule has 0 saturated heterocycles. The van der Waals surface area contributed by atoms with Gasteiger partial charge in [-0.1, -0.05) is 38.7 Å². The van der Waals surface area contributed by atoms with Crippen LogP contribution in [0.1, 0.15) is 46.0 Å². The summed E-state index contributed by atoms with van der Waals surface area (Å²) < 4.78 is 10.0. The van der Waals surface area contributed by atoms with E-state index in [9.17, 15) is 9.59 Å². The molecule has 0 aliphatic heterocycles. The summed E-state index contributed by atoms with van der Waals surface area (Å²) in [5.74, 6) is 4.58. The van der Waals surface area contributed by atoms with Gasteiger partial charge in [0, 0.05) is 12.5 Å². The third-order valence-corrected chi connectivity index (χ3v) is 2.62. The zero-order valence-electron chi connectivity index (χ0n) is 12.4. The van der Waals surface area contributed by atoms with E-state index < -0.39 is 5.97 Å². The maximum absolute atomic E-state index is 11.5. The molecule has 1 unspecified atom stereocenters. The zero-order chi connectivity index (χ0) is 15.2. The van der Waals surface area contributed by atoms with Crippen molar-refractivity contribution in [1.29, 1.82) is 0 Å². The van der Waals surface area contributed by atoms with E-state index in [1.54, 1.807) is 6.92 Å². The van der Waals surface area contributed by atoms with Crippen molar-refractivity contribution < 1.29 is 19.1 Å². The summed E-state index contributed by atoms with van der Waals surface area (Å²) in [5, 5.41) is 0. The molecule has 0 radical (unpaired) electrons. The third kappa shape index (κ3) is 10.2. The molecule has 0 fully saturated rings. The van der Waals surface area contributed by atoms with Crippen LogP contribution in [0.25, 0.3) is 0 Å². The highest BCUT2D eigenvalue weighted by molar-refractivity contribution is 5.81. The van der Waals surface area contributed by atoms with Crippen molar-refractivity contribution in [2.24, 2.45) is 5.92 Å². The SMILES string of the molecule is C=CC(=O)OCC(C#CC)COC(=O)CCCCCC. The molecule has 0 bridgehead atoms. The molecule has 0 amide bonds. The summed E-state index contributed by atoms with van der Waals surface area (Å²) in [6, 6.07) is 0. The molecule has 112 valence electrons. The second-order valence-electron chi connectivity index (χ2n) is 4.42. The topological polar surface area (TPSA) is 52.6 Å². The maximum Gasteiger partial charge on any atom is 0.330 e. The van der Waals surface area contributed by atoms with E-state index in [4.69, 9.17) is 9.47 Å². The van der Waals surface area contributed by atoms with Crippen molar-refractivity contribution in [3.05, 3.63) is 12.7 Å². The molecule has 0 spiro atoms. The second kappa shape index (κ2) is 12.3. The Balaban J connectivity index is 3.94. The largest absolute Gasteiger partial charge is 0.464 e. The zero-order valence-corrected chi connectivity index (χ0v) is 12.4. The molecule has 4 nitrogen and oxygen atoms in total. The highest BCUT2D eigenvalue weighted by Crippen LogP contribution is 2.05. The second-order valence-corrected chi connectivity index (χ2v) is 4.42. The lowest BCUT2D eigenvalue weighted by molar-refractivity contribution is -0.146. The van der Waals surface area contributed by atoms with Gasteiger partial charge in [-0.3, -0.25) is 4.79 Å². The molecule has 0 aromatic rings. The predicted molar refractivity (Wildman–Crippen MR) is 77.8 cm³/mol. The van der Waals surface area contributed by atoms with Crippen molar-refractivity contribution in [1.82, 2.24) is 0 Å². The normalized spacial score (nSPS) is 10.9. The highest BCUT2D eigenvalue weighted by atomic mass is 16.5. The predicted octanol–water partition coefficient (Wildman–Crippen LogP) is 2.87. The fourth-order valence-electron chi connectivity index (χ4n) is 1.54. The Kier molecular flexibility index (Phi) is 11.2. The van der Waals surface area contributed by atoms with E-state index in [-0.39, 0.29) is 25.1 Å². The number of unbranched alkanes of at least 4 members (excludes halogenated alkanes) is 3. The quantitative estimate of drug-likeness (QED) is 0.267. The number of hydrogen-bond donors (Lipinski definition) is 0. The number of esters is 2. The maximum atomic E-state index is 11.5. The lowest BCUT2D eigenvalue weighted by Crippen LogP contribution is -2.19. The van der Waals surface area contributed by atoms with Gasteiger partial charge in [-0.05, 0) is 13.3 Å². The van der Waals surface area contributed by atoms with Crippen molar-refractivity contribution in [2.45, 2.75) is 46.0 Å². The lowest BCUT2D eigenvalue weighted by Gasteiger charge is -2.11. The first-order valence-electron chi connectivity index (χ1n) is 7.01. The number of ether oxygens (including phenoxy) is 2. The van der Waals surface area contributed by atoms with Gasteiger partial charge in [0.25, 0.3) is 0 Å². The molecule has 1 atom stereocenters. The Morgan fingerprint density at radius 3 is 2.50 bits per heavy atom. The summed E-state index contributed by atoms with van der Waals surface area (Å²) in [4.78, 5) is 22.5. The van der Waals surface area contributed by atoms with Gasteiger partial charge in [-0.15, -0.1) is 5.92 Å². The first kappa shape index (κ1) is 18.2. The van der Waals surface area contributed by atoms with Crippen molar-refractivity contribution in [2.75, 3.05) is 13.2 Å². The minimum atomic E-state index is -0.501. The van der Waals surface area contributed by atoms with Crippen LogP contribution in [0.2, 0.25) is 0 Å². The molecule has 0 N–H and O–H groups in total. The van der Waals surface area contributed by atoms with E-state index >= 15 is 0 Å². The summed E-state index contributed by atoms with van der Waals surface area (Å²) in [5.41, 5.74) is 0. The Morgan fingerprint density at radius 1 is 1.20 bits per heavy atom. The lowest BCUT2D eigenvalue weighted by atomic mass is 10.1. The van der Waals surface area contributed by atoms with Crippen LogP contribution in [-0.4, -0.2) is 25.2 Å². The van der Waals surface area contributed by atoms with E-state index in [1.165, 1.54) is 0 Å². The third-order valence-electron chi connectivity index (χ3n) is 2.62. The minimum Gasteiger partial charge on any atom is -0.464 e. The monoisotopic (exact) mass is 280 g/mol. The Labute approximate surface area is 121 Å². The molecule has 4 heteroatoms. The summed E-state index contributed by atoms with van der Waals surface area (Å²) in [6.07, 6.45) is 5.69. The average molecular weight is 280 g/mol. The molecule has 0 aliphatic rings. The van der Waals surface area contributed by atoms with Gasteiger partial charge >= 0.3 is 11.9 Å². The molecule has 0 aromatic carbocycles. The van der Waals surface area contributed by atoms with Gasteiger partial charge in [0.05, 0.1) is 5.92 Å². The van der Waals surface area contributed by atoms with E-state index in [0.29, 0.717) is 6.42 Å². The van der Waals surface area contributed by atoms with Crippen molar-refractivity contribution in [3.8, 4) is 11.8 Å². The Hall–Kier alpha value is -1.76. The standard InChI is InChI=1S/C16H24O4/c1-4-7-8-9-11-16(18)20-13-14(10-5-2)12-19-15(17)6-3/h6,14H,3-4,7-9,11-13H2,1-2H3. The first-order valence-corrected chi connectivity index (χ1v) is 7.01. The van der Waals surface area contributed by atoms with Crippen molar-refractivity contribution in [3.63, 3.8) is 0 Å². The number of rotatable bonds is 10. The first-order chi connectivity index (χ1) is 9.63. The highest BCUT2D eigenvalue weighted by Gasteiger charge is 2.11. The molecule has 0 heterocycles. The van der Waals surface area contributed by atoms with E-state index in [1.807, 2.05) is 0 Å². The van der Waals surface area contributed by atoms with Gasteiger partial charge in [0.2, 0.25) is 0 Å². The smallest absolute Gasteiger partial charge is 0.330 e. The summed E-state index contributed by atoms with van der Waals surface area (Å²) >= 11 is 0. The van der Waals surface area contributed by atoms with Crippen LogP contribution in [-0.2, 0) is 19.1 Å². The van der Waals surface area contributed by atoms with Gasteiger partial charge in [-0.2, -0.15) is 0 Å². The summed E-state index contributed by atoms with van der Waals surface area (Å²) in [7, 11) is 0. The van der Waals surface area contributed by atoms with Crippen LogP contribution in [0.5, 0.6) is 0 Å². The molecule has 0 aliphatic carbocycles. The van der Waals surface area contributed by atoms with E-state index in [0.717, 1.165) is 31.8 Å². The van der Waals surface area contributed by atoms with Gasteiger partial charge < -0.3 is 9.47 Å². The molecular formula is C16H24O4. The number of carbonyl (C=O) groups is 2.